The average Bonchev–Trinajstić information content (AvgIpc) is 1.83. The highest BCUT2D eigenvalue weighted by atomic mass is 16.3. The molecule has 0 radical (unpaired) electrons. The summed E-state index contributed by atoms with van der Waals surface area (Å²) >= 11 is 0. The molecule has 0 amide bonds. The highest BCUT2D eigenvalue weighted by molar-refractivity contribution is 5.97. The minimum Gasteiger partial charge on any atom is -0.494 e. The molecule has 0 fully saturated rings. The molecule has 0 aliphatic carbocycles. The third-order valence-corrected chi connectivity index (χ3v) is 1.29. The lowest BCUT2D eigenvalue weighted by Gasteiger charge is -2.05. The molecule has 0 unspecified atom stereocenters. The quantitative estimate of drug-likeness (QED) is 0.508. The van der Waals surface area contributed by atoms with E-state index in [1.165, 1.54) is 5.57 Å². The van der Waals surface area contributed by atoms with Crippen LogP contribution < -0.4 is 0 Å². The number of allylic oxidation sites excluding steroid dienone is 2. The number of rotatable bonds is 3. The van der Waals surface area contributed by atoms with Crippen molar-refractivity contribution < 1.29 is 5.11 Å². The molecule has 2 heteroatoms. The van der Waals surface area contributed by atoms with Gasteiger partial charge >= 0.3 is 0 Å². The van der Waals surface area contributed by atoms with Gasteiger partial charge in [-0.25, -0.2) is 4.99 Å². The van der Waals surface area contributed by atoms with E-state index in [1.807, 2.05) is 33.8 Å². The number of hydrogen-bond donors (Lipinski definition) is 1. The minimum absolute atomic E-state index is 0.129. The van der Waals surface area contributed by atoms with E-state index >= 15 is 0 Å². The van der Waals surface area contributed by atoms with Gasteiger partial charge in [-0.05, 0) is 32.4 Å². The number of aliphatic hydroxyl groups excluding tert-OH is 1. The van der Waals surface area contributed by atoms with Crippen LogP contribution in [0.4, 0.5) is 0 Å². The summed E-state index contributed by atoms with van der Waals surface area (Å²) in [6.07, 6.45) is 1.95. The van der Waals surface area contributed by atoms with Crippen LogP contribution in [0.3, 0.4) is 0 Å². The summed E-state index contributed by atoms with van der Waals surface area (Å²) in [5.74, 6) is 0.181. The number of hydrogen-bond acceptors (Lipinski definition) is 2. The number of nitrogens with zero attached hydrogens (tertiary/aromatic N) is 1. The first-order chi connectivity index (χ1) is 5.43. The summed E-state index contributed by atoms with van der Waals surface area (Å²) in [5.41, 5.74) is 2.03. The standard InChI is InChI=1S/C10H17NO/c1-7(2)6-10(8(3)4)11-9(5)12/h6,8,12H,5H2,1-4H3. The van der Waals surface area contributed by atoms with Gasteiger partial charge in [0.05, 0.1) is 0 Å². The Morgan fingerprint density at radius 2 is 1.92 bits per heavy atom. The summed E-state index contributed by atoms with van der Waals surface area (Å²) in [7, 11) is 0. The van der Waals surface area contributed by atoms with E-state index in [9.17, 15) is 0 Å². The van der Waals surface area contributed by atoms with Gasteiger partial charge in [0.2, 0.25) is 5.88 Å². The van der Waals surface area contributed by atoms with Crippen LogP contribution in [0.25, 0.3) is 0 Å². The van der Waals surface area contributed by atoms with Crippen molar-refractivity contribution in [3.63, 3.8) is 0 Å². The van der Waals surface area contributed by atoms with E-state index < -0.39 is 0 Å². The summed E-state index contributed by atoms with van der Waals surface area (Å²) in [4.78, 5) is 3.92. The molecule has 0 saturated heterocycles. The van der Waals surface area contributed by atoms with Gasteiger partial charge in [0.15, 0.2) is 0 Å². The van der Waals surface area contributed by atoms with Gasteiger partial charge in [-0.15, -0.1) is 0 Å². The zero-order valence-electron chi connectivity index (χ0n) is 8.26. The van der Waals surface area contributed by atoms with Gasteiger partial charge in [0.1, 0.15) is 0 Å². The van der Waals surface area contributed by atoms with Gasteiger partial charge in [-0.2, -0.15) is 0 Å². The lowest BCUT2D eigenvalue weighted by atomic mass is 10.1. The third-order valence-electron chi connectivity index (χ3n) is 1.29. The SMILES string of the molecule is C=C(O)N=C(C=C(C)C)C(C)C. The molecule has 0 aromatic rings. The molecule has 0 bridgehead atoms. The summed E-state index contributed by atoms with van der Waals surface area (Å²) < 4.78 is 0. The maximum atomic E-state index is 8.87. The number of aliphatic imine (C=N–C) groups is 1. The van der Waals surface area contributed by atoms with Crippen LogP contribution in [0.5, 0.6) is 0 Å². The van der Waals surface area contributed by atoms with Crippen molar-refractivity contribution in [2.24, 2.45) is 10.9 Å². The van der Waals surface area contributed by atoms with E-state index in [1.54, 1.807) is 0 Å². The van der Waals surface area contributed by atoms with Crippen molar-refractivity contribution in [2.75, 3.05) is 0 Å². The second-order valence-electron chi connectivity index (χ2n) is 3.33. The third kappa shape index (κ3) is 4.72. The lowest BCUT2D eigenvalue weighted by Crippen LogP contribution is -2.04. The van der Waals surface area contributed by atoms with Crippen molar-refractivity contribution in [2.45, 2.75) is 27.7 Å². The van der Waals surface area contributed by atoms with Crippen LogP contribution in [0.1, 0.15) is 27.7 Å². The molecule has 0 aliphatic rings. The zero-order valence-corrected chi connectivity index (χ0v) is 8.26. The van der Waals surface area contributed by atoms with E-state index in [2.05, 4.69) is 11.6 Å². The summed E-state index contributed by atoms with van der Waals surface area (Å²) in [6, 6.07) is 0. The van der Waals surface area contributed by atoms with E-state index in [0.29, 0.717) is 5.92 Å². The molecule has 0 heterocycles. The van der Waals surface area contributed by atoms with Crippen LogP contribution in [-0.4, -0.2) is 10.8 Å². The highest BCUT2D eigenvalue weighted by Crippen LogP contribution is 2.04. The maximum absolute atomic E-state index is 8.87. The molecule has 0 saturated carbocycles. The van der Waals surface area contributed by atoms with Crippen molar-refractivity contribution in [1.29, 1.82) is 0 Å². The van der Waals surface area contributed by atoms with Crippen LogP contribution in [0, 0.1) is 5.92 Å². The molecule has 0 aliphatic heterocycles. The van der Waals surface area contributed by atoms with Gasteiger partial charge in [0.25, 0.3) is 0 Å². The molecular formula is C10H17NO. The lowest BCUT2D eigenvalue weighted by molar-refractivity contribution is 0.409. The van der Waals surface area contributed by atoms with Crippen molar-refractivity contribution in [3.05, 3.63) is 24.1 Å². The Labute approximate surface area is 74.3 Å². The normalized spacial score (nSPS) is 11.6. The Kier molecular flexibility index (Phi) is 4.34. The predicted octanol–water partition coefficient (Wildman–Crippen LogP) is 3.08. The van der Waals surface area contributed by atoms with E-state index in [4.69, 9.17) is 5.11 Å². The van der Waals surface area contributed by atoms with Crippen molar-refractivity contribution in [1.82, 2.24) is 0 Å². The minimum atomic E-state index is -0.129. The predicted molar refractivity (Wildman–Crippen MR) is 53.5 cm³/mol. The first-order valence-electron chi connectivity index (χ1n) is 4.05. The summed E-state index contributed by atoms with van der Waals surface area (Å²) in [5, 5.41) is 8.87. The largest absolute Gasteiger partial charge is 0.494 e. The molecular weight excluding hydrogens is 150 g/mol. The van der Waals surface area contributed by atoms with Crippen LogP contribution >= 0.6 is 0 Å². The molecule has 0 rings (SSSR count). The van der Waals surface area contributed by atoms with Crippen molar-refractivity contribution in [3.8, 4) is 0 Å². The number of aliphatic hydroxyl groups is 1. The molecule has 0 atom stereocenters. The topological polar surface area (TPSA) is 32.6 Å². The van der Waals surface area contributed by atoms with Crippen molar-refractivity contribution >= 4 is 5.71 Å². The van der Waals surface area contributed by atoms with Crippen LogP contribution in [-0.2, 0) is 0 Å². The molecule has 2 nitrogen and oxygen atoms in total. The second-order valence-corrected chi connectivity index (χ2v) is 3.33. The Morgan fingerprint density at radius 3 is 2.17 bits per heavy atom. The molecule has 12 heavy (non-hydrogen) atoms. The molecule has 0 spiro atoms. The average molecular weight is 167 g/mol. The monoisotopic (exact) mass is 167 g/mol. The molecule has 0 aromatic carbocycles. The Balaban J connectivity index is 4.68. The first kappa shape index (κ1) is 11.0. The van der Waals surface area contributed by atoms with Gasteiger partial charge < -0.3 is 5.11 Å². The fourth-order valence-corrected chi connectivity index (χ4v) is 0.773. The fourth-order valence-electron chi connectivity index (χ4n) is 0.773. The van der Waals surface area contributed by atoms with E-state index in [-0.39, 0.29) is 5.88 Å². The van der Waals surface area contributed by atoms with Crippen LogP contribution in [0.15, 0.2) is 29.1 Å². The highest BCUT2D eigenvalue weighted by Gasteiger charge is 2.01. The Hall–Kier alpha value is -1.05. The second kappa shape index (κ2) is 4.75. The maximum Gasteiger partial charge on any atom is 0.203 e. The zero-order chi connectivity index (χ0) is 9.72. The molecule has 1 N–H and O–H groups in total. The van der Waals surface area contributed by atoms with Gasteiger partial charge in [-0.3, -0.25) is 0 Å². The van der Waals surface area contributed by atoms with Gasteiger partial charge in [-0.1, -0.05) is 19.4 Å². The smallest absolute Gasteiger partial charge is 0.203 e. The molecule has 68 valence electrons. The molecule has 0 aromatic heterocycles. The Morgan fingerprint density at radius 1 is 1.42 bits per heavy atom. The van der Waals surface area contributed by atoms with Crippen LogP contribution in [0.2, 0.25) is 0 Å². The fraction of sp³-hybridized carbons (Fsp3) is 0.500. The van der Waals surface area contributed by atoms with Gasteiger partial charge in [0, 0.05) is 5.71 Å². The Bertz CT molecular complexity index is 220. The summed E-state index contributed by atoms with van der Waals surface area (Å²) in [6.45, 7) is 11.4. The first-order valence-corrected chi connectivity index (χ1v) is 4.05. The van der Waals surface area contributed by atoms with E-state index in [0.717, 1.165) is 5.71 Å².